The minimum atomic E-state index is -3.83. The molecule has 0 aliphatic rings. The Kier molecular flexibility index (Phi) is 6.89. The first kappa shape index (κ1) is 24.4. The van der Waals surface area contributed by atoms with Crippen LogP contribution in [0.4, 0.5) is 9.18 Å². The molecule has 0 spiro atoms. The van der Waals surface area contributed by atoms with Crippen molar-refractivity contribution in [2.24, 2.45) is 0 Å². The monoisotopic (exact) mass is 476 g/mol. The normalized spacial score (nSPS) is 12.0. The number of carbonyl (C=O) groups excluding carboxylic acids is 2. The molecule has 1 aromatic heterocycles. The van der Waals surface area contributed by atoms with Gasteiger partial charge in [-0.1, -0.05) is 12.1 Å². The van der Waals surface area contributed by atoms with Gasteiger partial charge in [-0.3, -0.25) is 9.36 Å². The summed E-state index contributed by atoms with van der Waals surface area (Å²) in [7, 11) is -2.60. The number of carbonyl (C=O) groups is 2. The Morgan fingerprint density at radius 3 is 2.36 bits per heavy atom. The van der Waals surface area contributed by atoms with Gasteiger partial charge >= 0.3 is 12.1 Å². The second kappa shape index (κ2) is 9.32. The van der Waals surface area contributed by atoms with Crippen LogP contribution in [0.2, 0.25) is 0 Å². The van der Waals surface area contributed by atoms with Crippen LogP contribution in [0.25, 0.3) is 22.0 Å². The number of sulfonamides is 1. The maximum atomic E-state index is 13.9. The lowest BCUT2D eigenvalue weighted by Crippen LogP contribution is -2.26. The Bertz CT molecular complexity index is 1290. The van der Waals surface area contributed by atoms with Crippen molar-refractivity contribution in [2.75, 3.05) is 13.7 Å². The summed E-state index contributed by atoms with van der Waals surface area (Å²) >= 11 is 0. The number of methoxy groups -OCH3 is 1. The molecule has 33 heavy (non-hydrogen) atoms. The van der Waals surface area contributed by atoms with Gasteiger partial charge in [0.1, 0.15) is 11.4 Å². The van der Waals surface area contributed by atoms with Crippen molar-refractivity contribution in [2.45, 2.75) is 37.7 Å². The second-order valence-electron chi connectivity index (χ2n) is 8.30. The number of hydrogen-bond acceptors (Lipinski definition) is 6. The SMILES string of the molecule is COC(=O)CCNS(=O)(=O)c1ccc(-c2cn(C(=O)OC(C)(C)C)c3cc(F)ccc23)cc1. The van der Waals surface area contributed by atoms with Crippen LogP contribution in [-0.4, -0.2) is 44.3 Å². The number of nitrogens with zero attached hydrogens (tertiary/aromatic N) is 1. The summed E-state index contributed by atoms with van der Waals surface area (Å²) in [6.45, 7) is 5.11. The molecule has 0 aliphatic heterocycles. The highest BCUT2D eigenvalue weighted by atomic mass is 32.2. The van der Waals surface area contributed by atoms with Crippen molar-refractivity contribution in [3.8, 4) is 11.1 Å². The van der Waals surface area contributed by atoms with Crippen LogP contribution < -0.4 is 4.72 Å². The van der Waals surface area contributed by atoms with E-state index in [0.717, 1.165) is 0 Å². The maximum Gasteiger partial charge on any atom is 0.419 e. The summed E-state index contributed by atoms with van der Waals surface area (Å²) in [5, 5.41) is 0.606. The van der Waals surface area contributed by atoms with Gasteiger partial charge in [0, 0.05) is 23.7 Å². The van der Waals surface area contributed by atoms with Gasteiger partial charge in [-0.25, -0.2) is 22.3 Å². The van der Waals surface area contributed by atoms with E-state index in [0.29, 0.717) is 22.0 Å². The van der Waals surface area contributed by atoms with E-state index >= 15 is 0 Å². The minimum Gasteiger partial charge on any atom is -0.469 e. The molecule has 0 unspecified atom stereocenters. The molecule has 3 aromatic rings. The highest BCUT2D eigenvalue weighted by Crippen LogP contribution is 2.32. The molecule has 0 atom stereocenters. The molecule has 3 rings (SSSR count). The van der Waals surface area contributed by atoms with Crippen molar-refractivity contribution in [1.29, 1.82) is 0 Å². The molecule has 2 aromatic carbocycles. The Balaban J connectivity index is 1.94. The molecule has 10 heteroatoms. The Morgan fingerprint density at radius 2 is 1.76 bits per heavy atom. The van der Waals surface area contributed by atoms with Crippen molar-refractivity contribution >= 4 is 33.0 Å². The molecule has 1 N–H and O–H groups in total. The van der Waals surface area contributed by atoms with E-state index in [9.17, 15) is 22.4 Å². The van der Waals surface area contributed by atoms with Crippen molar-refractivity contribution in [1.82, 2.24) is 9.29 Å². The van der Waals surface area contributed by atoms with Crippen molar-refractivity contribution in [3.63, 3.8) is 0 Å². The number of hydrogen-bond donors (Lipinski definition) is 1. The first-order valence-corrected chi connectivity index (χ1v) is 11.6. The van der Waals surface area contributed by atoms with E-state index in [-0.39, 0.29) is 17.9 Å². The molecule has 0 fully saturated rings. The van der Waals surface area contributed by atoms with Gasteiger partial charge < -0.3 is 9.47 Å². The van der Waals surface area contributed by atoms with Gasteiger partial charge in [-0.05, 0) is 56.7 Å². The highest BCUT2D eigenvalue weighted by Gasteiger charge is 2.22. The van der Waals surface area contributed by atoms with E-state index in [2.05, 4.69) is 9.46 Å². The Labute approximate surface area is 191 Å². The van der Waals surface area contributed by atoms with Crippen molar-refractivity contribution in [3.05, 3.63) is 54.5 Å². The van der Waals surface area contributed by atoms with Crippen LogP contribution in [0.15, 0.2) is 53.6 Å². The summed E-state index contributed by atoms with van der Waals surface area (Å²) < 4.78 is 52.3. The van der Waals surface area contributed by atoms with Gasteiger partial charge in [-0.15, -0.1) is 0 Å². The molecule has 0 saturated carbocycles. The summed E-state index contributed by atoms with van der Waals surface area (Å²) in [5.41, 5.74) is 0.833. The number of nitrogens with one attached hydrogen (secondary N) is 1. The highest BCUT2D eigenvalue weighted by molar-refractivity contribution is 7.89. The number of fused-ring (bicyclic) bond motifs is 1. The zero-order chi connectivity index (χ0) is 24.4. The lowest BCUT2D eigenvalue weighted by Gasteiger charge is -2.19. The summed E-state index contributed by atoms with van der Waals surface area (Å²) in [5.74, 6) is -1.03. The van der Waals surface area contributed by atoms with E-state index in [1.54, 1.807) is 39.0 Å². The standard InChI is InChI=1S/C23H25FN2O6S/c1-23(2,3)32-22(28)26-14-19(18-10-7-16(24)13-20(18)26)15-5-8-17(9-6-15)33(29,30)25-12-11-21(27)31-4/h5-10,13-14,25H,11-12H2,1-4H3. The molecular formula is C23H25FN2O6S. The predicted molar refractivity (Wildman–Crippen MR) is 121 cm³/mol. The van der Waals surface area contributed by atoms with Gasteiger partial charge in [0.15, 0.2) is 0 Å². The molecular weight excluding hydrogens is 451 g/mol. The van der Waals surface area contributed by atoms with E-state index < -0.39 is 33.5 Å². The van der Waals surface area contributed by atoms with E-state index in [1.165, 1.54) is 42.1 Å². The van der Waals surface area contributed by atoms with E-state index in [1.807, 2.05) is 0 Å². The molecule has 0 radical (unpaired) electrons. The number of esters is 1. The quantitative estimate of drug-likeness (QED) is 0.538. The van der Waals surface area contributed by atoms with Crippen molar-refractivity contribution < 1.29 is 31.9 Å². The smallest absolute Gasteiger partial charge is 0.419 e. The first-order valence-electron chi connectivity index (χ1n) is 10.1. The first-order chi connectivity index (χ1) is 15.4. The fourth-order valence-electron chi connectivity index (χ4n) is 3.18. The molecule has 0 bridgehead atoms. The number of halogens is 1. The number of aromatic nitrogens is 1. The van der Waals surface area contributed by atoms with Crippen LogP contribution in [0.1, 0.15) is 27.2 Å². The van der Waals surface area contributed by atoms with Crippen LogP contribution in [-0.2, 0) is 24.3 Å². The lowest BCUT2D eigenvalue weighted by molar-refractivity contribution is -0.140. The van der Waals surface area contributed by atoms with Gasteiger partial charge in [0.25, 0.3) is 0 Å². The second-order valence-corrected chi connectivity index (χ2v) is 10.1. The Morgan fingerprint density at radius 1 is 1.09 bits per heavy atom. The van der Waals surface area contributed by atoms with E-state index in [4.69, 9.17) is 4.74 Å². The zero-order valence-corrected chi connectivity index (χ0v) is 19.5. The number of ether oxygens (including phenoxy) is 2. The zero-order valence-electron chi connectivity index (χ0n) is 18.7. The summed E-state index contributed by atoms with van der Waals surface area (Å²) in [6.07, 6.45) is 0.795. The topological polar surface area (TPSA) is 104 Å². The number of benzene rings is 2. The molecule has 8 nitrogen and oxygen atoms in total. The minimum absolute atomic E-state index is 0.0121. The average Bonchev–Trinajstić information content (AvgIpc) is 3.11. The average molecular weight is 477 g/mol. The summed E-state index contributed by atoms with van der Waals surface area (Å²) in [6, 6.07) is 10.1. The molecule has 1 heterocycles. The molecule has 0 aliphatic carbocycles. The van der Waals surface area contributed by atoms with Gasteiger partial charge in [-0.2, -0.15) is 0 Å². The van der Waals surface area contributed by atoms with Crippen LogP contribution in [0.5, 0.6) is 0 Å². The van der Waals surface area contributed by atoms with Crippen LogP contribution in [0, 0.1) is 5.82 Å². The maximum absolute atomic E-state index is 13.9. The third-order valence-electron chi connectivity index (χ3n) is 4.68. The fraction of sp³-hybridized carbons (Fsp3) is 0.304. The largest absolute Gasteiger partial charge is 0.469 e. The predicted octanol–water partition coefficient (Wildman–Crippen LogP) is 4.07. The Hall–Kier alpha value is -3.24. The van der Waals surface area contributed by atoms with Gasteiger partial charge in [0.2, 0.25) is 10.0 Å². The van der Waals surface area contributed by atoms with Gasteiger partial charge in [0.05, 0.1) is 23.9 Å². The fourth-order valence-corrected chi connectivity index (χ4v) is 4.21. The molecule has 0 saturated heterocycles. The lowest BCUT2D eigenvalue weighted by atomic mass is 10.1. The molecule has 176 valence electrons. The van der Waals surface area contributed by atoms with Crippen LogP contribution >= 0.6 is 0 Å². The summed E-state index contributed by atoms with van der Waals surface area (Å²) in [4.78, 5) is 23.9. The third-order valence-corrected chi connectivity index (χ3v) is 6.16. The number of rotatable bonds is 6. The molecule has 0 amide bonds. The van der Waals surface area contributed by atoms with Crippen LogP contribution in [0.3, 0.4) is 0 Å². The third kappa shape index (κ3) is 5.77.